The minimum Gasteiger partial charge on any atom is -0.394 e. The SMILES string of the molecule is CC(CO)Nc1ccc(N=Nc2ccc(N=Nc3ccc(C(F)(F)F)cc3)cc2)cc1. The number of nitrogens with zero attached hydrogens (tertiary/aromatic N) is 4. The zero-order chi connectivity index (χ0) is 22.3. The van der Waals surface area contributed by atoms with Crippen molar-refractivity contribution in [2.24, 2.45) is 20.5 Å². The Bertz CT molecular complexity index is 1030. The van der Waals surface area contributed by atoms with Crippen molar-refractivity contribution in [3.63, 3.8) is 0 Å². The van der Waals surface area contributed by atoms with Gasteiger partial charge in [0.15, 0.2) is 0 Å². The second-order valence-corrected chi connectivity index (χ2v) is 6.74. The van der Waals surface area contributed by atoms with Crippen molar-refractivity contribution < 1.29 is 18.3 Å². The highest BCUT2D eigenvalue weighted by atomic mass is 19.4. The van der Waals surface area contributed by atoms with E-state index in [2.05, 4.69) is 25.8 Å². The molecule has 1 atom stereocenters. The number of nitrogens with one attached hydrogen (secondary N) is 1. The molecule has 31 heavy (non-hydrogen) atoms. The van der Waals surface area contributed by atoms with Crippen LogP contribution in [0.3, 0.4) is 0 Å². The van der Waals surface area contributed by atoms with E-state index in [1.165, 1.54) is 12.1 Å². The molecule has 0 fully saturated rings. The predicted octanol–water partition coefficient (Wildman–Crippen LogP) is 7.33. The molecule has 0 amide bonds. The number of rotatable bonds is 7. The minimum atomic E-state index is -4.38. The summed E-state index contributed by atoms with van der Waals surface area (Å²) in [6.07, 6.45) is -4.38. The van der Waals surface area contributed by atoms with E-state index in [0.29, 0.717) is 22.7 Å². The lowest BCUT2D eigenvalue weighted by Crippen LogP contribution is -2.18. The minimum absolute atomic E-state index is 0.0395. The lowest BCUT2D eigenvalue weighted by atomic mass is 10.2. The molecule has 160 valence electrons. The number of hydrogen-bond acceptors (Lipinski definition) is 6. The third-order valence-corrected chi connectivity index (χ3v) is 4.16. The second kappa shape index (κ2) is 9.94. The van der Waals surface area contributed by atoms with Crippen LogP contribution in [-0.2, 0) is 6.18 Å². The Morgan fingerprint density at radius 2 is 1.06 bits per heavy atom. The van der Waals surface area contributed by atoms with Crippen molar-refractivity contribution >= 4 is 28.4 Å². The molecule has 0 aliphatic rings. The normalized spacial score (nSPS) is 13.1. The number of anilines is 1. The van der Waals surface area contributed by atoms with Crippen LogP contribution < -0.4 is 5.32 Å². The van der Waals surface area contributed by atoms with Crippen molar-refractivity contribution in [2.75, 3.05) is 11.9 Å². The van der Waals surface area contributed by atoms with Gasteiger partial charge >= 0.3 is 6.18 Å². The van der Waals surface area contributed by atoms with Crippen molar-refractivity contribution in [1.29, 1.82) is 0 Å². The molecule has 3 aromatic carbocycles. The topological polar surface area (TPSA) is 81.7 Å². The maximum Gasteiger partial charge on any atom is 0.416 e. The van der Waals surface area contributed by atoms with Gasteiger partial charge in [0.2, 0.25) is 0 Å². The van der Waals surface area contributed by atoms with E-state index >= 15 is 0 Å². The van der Waals surface area contributed by atoms with Gasteiger partial charge < -0.3 is 10.4 Å². The van der Waals surface area contributed by atoms with Gasteiger partial charge in [0, 0.05) is 11.7 Å². The zero-order valence-electron chi connectivity index (χ0n) is 16.6. The molecule has 1 unspecified atom stereocenters. The summed E-state index contributed by atoms with van der Waals surface area (Å²) < 4.78 is 37.7. The number of azo groups is 2. The summed E-state index contributed by atoms with van der Waals surface area (Å²) in [5, 5.41) is 28.5. The number of halogens is 3. The zero-order valence-corrected chi connectivity index (χ0v) is 16.6. The Labute approximate surface area is 177 Å². The molecule has 0 heterocycles. The molecular weight excluding hydrogens is 407 g/mol. The highest BCUT2D eigenvalue weighted by Crippen LogP contribution is 2.31. The van der Waals surface area contributed by atoms with Crippen LogP contribution in [0.15, 0.2) is 93.3 Å². The molecule has 9 heteroatoms. The summed E-state index contributed by atoms with van der Waals surface area (Å²) in [6, 6.07) is 18.5. The highest BCUT2D eigenvalue weighted by Gasteiger charge is 2.29. The number of hydrogen-bond donors (Lipinski definition) is 2. The van der Waals surface area contributed by atoms with Gasteiger partial charge in [0.25, 0.3) is 0 Å². The molecule has 6 nitrogen and oxygen atoms in total. The lowest BCUT2D eigenvalue weighted by molar-refractivity contribution is -0.137. The standard InChI is InChI=1S/C22H20F3N5O/c1-15(14-31)26-17-6-8-19(9-7-17)28-30-21-12-10-20(11-13-21)29-27-18-4-2-16(3-5-18)22(23,24)25/h2-13,15,26,31H,14H2,1H3. The Kier molecular flexibility index (Phi) is 7.09. The van der Waals surface area contributed by atoms with Gasteiger partial charge in [-0.05, 0) is 79.7 Å². The van der Waals surface area contributed by atoms with Gasteiger partial charge in [-0.3, -0.25) is 0 Å². The monoisotopic (exact) mass is 427 g/mol. The van der Waals surface area contributed by atoms with Crippen LogP contribution in [0.5, 0.6) is 0 Å². The maximum atomic E-state index is 12.6. The summed E-state index contributed by atoms with van der Waals surface area (Å²) in [5.41, 5.74) is 2.29. The van der Waals surface area contributed by atoms with Crippen LogP contribution in [0.25, 0.3) is 0 Å². The molecule has 0 aliphatic heterocycles. The van der Waals surface area contributed by atoms with Gasteiger partial charge in [-0.25, -0.2) is 0 Å². The van der Waals surface area contributed by atoms with Gasteiger partial charge in [-0.15, -0.1) is 0 Å². The first-order valence-electron chi connectivity index (χ1n) is 9.42. The first-order chi connectivity index (χ1) is 14.8. The van der Waals surface area contributed by atoms with Gasteiger partial charge in [0.05, 0.1) is 34.9 Å². The fourth-order valence-electron chi connectivity index (χ4n) is 2.49. The number of alkyl halides is 3. The fourth-order valence-corrected chi connectivity index (χ4v) is 2.49. The number of aliphatic hydroxyl groups excluding tert-OH is 1. The van der Waals surface area contributed by atoms with E-state index in [-0.39, 0.29) is 12.6 Å². The van der Waals surface area contributed by atoms with E-state index in [4.69, 9.17) is 5.11 Å². The molecule has 3 aromatic rings. The van der Waals surface area contributed by atoms with E-state index in [1.54, 1.807) is 24.3 Å². The third kappa shape index (κ3) is 6.71. The van der Waals surface area contributed by atoms with Gasteiger partial charge in [-0.2, -0.15) is 33.6 Å². The summed E-state index contributed by atoms with van der Waals surface area (Å²) in [6.45, 7) is 1.92. The Balaban J connectivity index is 1.59. The summed E-state index contributed by atoms with van der Waals surface area (Å²) in [4.78, 5) is 0. The third-order valence-electron chi connectivity index (χ3n) is 4.16. The Morgan fingerprint density at radius 3 is 1.42 bits per heavy atom. The molecule has 3 rings (SSSR count). The summed E-state index contributed by atoms with van der Waals surface area (Å²) in [5.74, 6) is 0. The summed E-state index contributed by atoms with van der Waals surface area (Å²) in [7, 11) is 0. The maximum absolute atomic E-state index is 12.6. The molecular formula is C22H20F3N5O. The average molecular weight is 427 g/mol. The van der Waals surface area contributed by atoms with Crippen molar-refractivity contribution in [3.05, 3.63) is 78.4 Å². The molecule has 0 spiro atoms. The smallest absolute Gasteiger partial charge is 0.394 e. The molecule has 0 saturated carbocycles. The Hall–Kier alpha value is -3.59. The molecule has 0 aliphatic carbocycles. The molecule has 0 radical (unpaired) electrons. The fraction of sp³-hybridized carbons (Fsp3) is 0.182. The van der Waals surface area contributed by atoms with Crippen LogP contribution in [0, 0.1) is 0 Å². The molecule has 0 saturated heterocycles. The van der Waals surface area contributed by atoms with Gasteiger partial charge in [0.1, 0.15) is 0 Å². The molecule has 0 bridgehead atoms. The largest absolute Gasteiger partial charge is 0.416 e. The van der Waals surface area contributed by atoms with Crippen molar-refractivity contribution in [2.45, 2.75) is 19.1 Å². The molecule has 2 N–H and O–H groups in total. The van der Waals surface area contributed by atoms with E-state index < -0.39 is 11.7 Å². The van der Waals surface area contributed by atoms with Crippen LogP contribution in [0.1, 0.15) is 12.5 Å². The number of aliphatic hydroxyl groups is 1. The summed E-state index contributed by atoms with van der Waals surface area (Å²) >= 11 is 0. The van der Waals surface area contributed by atoms with Crippen LogP contribution >= 0.6 is 0 Å². The van der Waals surface area contributed by atoms with E-state index in [9.17, 15) is 13.2 Å². The van der Waals surface area contributed by atoms with Crippen molar-refractivity contribution in [3.8, 4) is 0 Å². The van der Waals surface area contributed by atoms with E-state index in [0.717, 1.165) is 17.8 Å². The average Bonchev–Trinajstić information content (AvgIpc) is 2.77. The quantitative estimate of drug-likeness (QED) is 0.387. The lowest BCUT2D eigenvalue weighted by Gasteiger charge is -2.11. The van der Waals surface area contributed by atoms with Crippen molar-refractivity contribution in [1.82, 2.24) is 0 Å². The number of benzene rings is 3. The van der Waals surface area contributed by atoms with Crippen LogP contribution in [0.4, 0.5) is 41.6 Å². The van der Waals surface area contributed by atoms with Crippen LogP contribution in [0.2, 0.25) is 0 Å². The van der Waals surface area contributed by atoms with Crippen LogP contribution in [-0.4, -0.2) is 17.8 Å². The first kappa shape index (κ1) is 22.1. The second-order valence-electron chi connectivity index (χ2n) is 6.74. The predicted molar refractivity (Wildman–Crippen MR) is 113 cm³/mol. The van der Waals surface area contributed by atoms with Gasteiger partial charge in [-0.1, -0.05) is 0 Å². The first-order valence-corrected chi connectivity index (χ1v) is 9.42. The Morgan fingerprint density at radius 1 is 0.710 bits per heavy atom. The molecule has 0 aromatic heterocycles. The van der Waals surface area contributed by atoms with E-state index in [1.807, 2.05) is 31.2 Å². The highest BCUT2D eigenvalue weighted by molar-refractivity contribution is 5.52.